The molecule has 1 fully saturated rings. The van der Waals surface area contributed by atoms with Crippen LogP contribution in [0.1, 0.15) is 47.5 Å². The van der Waals surface area contributed by atoms with Gasteiger partial charge in [-0.3, -0.25) is 4.79 Å². The van der Waals surface area contributed by atoms with Crippen molar-refractivity contribution in [3.63, 3.8) is 0 Å². The summed E-state index contributed by atoms with van der Waals surface area (Å²) in [5.74, 6) is 4.99. The Morgan fingerprint density at radius 3 is 2.55 bits per heavy atom. The van der Waals surface area contributed by atoms with Crippen LogP contribution in [0, 0.1) is 11.8 Å². The van der Waals surface area contributed by atoms with Gasteiger partial charge in [-0.2, -0.15) is 0 Å². The van der Waals surface area contributed by atoms with Crippen molar-refractivity contribution in [1.29, 1.82) is 0 Å². The van der Waals surface area contributed by atoms with Crippen LogP contribution in [-0.4, -0.2) is 52.5 Å². The molecule has 1 N–H and O–H groups in total. The molecular weight excluding hydrogens is 286 g/mol. The minimum atomic E-state index is -1.17. The number of rotatable bonds is 1. The van der Waals surface area contributed by atoms with Crippen LogP contribution in [0.3, 0.4) is 0 Å². The van der Waals surface area contributed by atoms with E-state index in [9.17, 15) is 14.7 Å². The first kappa shape index (κ1) is 18.3. The number of piperidine rings is 1. The first-order valence-electron chi connectivity index (χ1n) is 7.38. The third-order valence-corrected chi connectivity index (χ3v) is 3.23. The van der Waals surface area contributed by atoms with Gasteiger partial charge in [0, 0.05) is 32.4 Å². The lowest BCUT2D eigenvalue weighted by molar-refractivity contribution is -0.139. The van der Waals surface area contributed by atoms with E-state index in [1.54, 1.807) is 4.90 Å². The first-order chi connectivity index (χ1) is 10.0. The van der Waals surface area contributed by atoms with Crippen LogP contribution in [-0.2, 0) is 14.3 Å². The maximum Gasteiger partial charge on any atom is 0.410 e. The average molecular weight is 311 g/mol. The maximum atomic E-state index is 12.1. The van der Waals surface area contributed by atoms with Gasteiger partial charge < -0.3 is 19.5 Å². The molecule has 124 valence electrons. The molecule has 6 heteroatoms. The molecule has 1 aliphatic heterocycles. The van der Waals surface area contributed by atoms with Crippen molar-refractivity contribution in [2.45, 2.75) is 64.7 Å². The largest absolute Gasteiger partial charge is 0.453 e. The second-order valence-corrected chi connectivity index (χ2v) is 6.59. The number of ether oxygens (including phenoxy) is 2. The van der Waals surface area contributed by atoms with Crippen LogP contribution in [0.5, 0.6) is 0 Å². The van der Waals surface area contributed by atoms with Crippen molar-refractivity contribution in [3.05, 3.63) is 0 Å². The van der Waals surface area contributed by atoms with Gasteiger partial charge in [-0.1, -0.05) is 11.8 Å². The summed E-state index contributed by atoms with van der Waals surface area (Å²) in [5, 5.41) is 10.4. The van der Waals surface area contributed by atoms with Gasteiger partial charge in [0.1, 0.15) is 11.2 Å². The third-order valence-electron chi connectivity index (χ3n) is 3.23. The predicted octanol–water partition coefficient (Wildman–Crippen LogP) is 1.70. The normalized spacial score (nSPS) is 25.0. The molecule has 1 heterocycles. The highest BCUT2D eigenvalue weighted by Gasteiger charge is 2.38. The Morgan fingerprint density at radius 1 is 1.41 bits per heavy atom. The van der Waals surface area contributed by atoms with E-state index in [0.29, 0.717) is 19.4 Å². The lowest BCUT2D eigenvalue weighted by Gasteiger charge is -2.40. The number of hydrogen-bond donors (Lipinski definition) is 1. The monoisotopic (exact) mass is 311 g/mol. The molecule has 1 aliphatic rings. The fourth-order valence-electron chi connectivity index (χ4n) is 2.27. The Hall–Kier alpha value is -1.74. The summed E-state index contributed by atoms with van der Waals surface area (Å²) >= 11 is 0. The van der Waals surface area contributed by atoms with E-state index in [4.69, 9.17) is 9.47 Å². The summed E-state index contributed by atoms with van der Waals surface area (Å²) in [6.07, 6.45) is 0.290. The van der Waals surface area contributed by atoms with Gasteiger partial charge in [0.15, 0.2) is 6.61 Å². The van der Waals surface area contributed by atoms with Crippen LogP contribution < -0.4 is 0 Å². The Morgan fingerprint density at radius 2 is 2.05 bits per heavy atom. The molecule has 1 unspecified atom stereocenters. The zero-order chi connectivity index (χ0) is 17.0. The predicted molar refractivity (Wildman–Crippen MR) is 81.0 cm³/mol. The number of likely N-dealkylation sites (tertiary alicyclic amines) is 1. The lowest BCUT2D eigenvalue weighted by atomic mass is 9.87. The molecule has 1 saturated heterocycles. The summed E-state index contributed by atoms with van der Waals surface area (Å²) in [6.45, 7) is 8.93. The van der Waals surface area contributed by atoms with Gasteiger partial charge in [-0.25, -0.2) is 4.79 Å². The molecule has 0 bridgehead atoms. The fourth-order valence-corrected chi connectivity index (χ4v) is 2.27. The second kappa shape index (κ2) is 7.01. The molecule has 2 atom stereocenters. The van der Waals surface area contributed by atoms with E-state index >= 15 is 0 Å². The summed E-state index contributed by atoms with van der Waals surface area (Å²) < 4.78 is 10.1. The average Bonchev–Trinajstić information content (AvgIpc) is 2.32. The Balaban J connectivity index is 2.61. The van der Waals surface area contributed by atoms with E-state index < -0.39 is 17.2 Å². The van der Waals surface area contributed by atoms with Gasteiger partial charge in [0.2, 0.25) is 0 Å². The maximum absolute atomic E-state index is 12.1. The molecule has 0 aromatic heterocycles. The quantitative estimate of drug-likeness (QED) is 0.589. The molecule has 6 nitrogen and oxygen atoms in total. The Labute approximate surface area is 131 Å². The van der Waals surface area contributed by atoms with E-state index in [2.05, 4.69) is 11.8 Å². The first-order valence-corrected chi connectivity index (χ1v) is 7.38. The van der Waals surface area contributed by atoms with E-state index in [0.717, 1.165) is 0 Å². The molecular formula is C16H25NO5. The molecule has 0 radical (unpaired) electrons. The number of hydrogen-bond acceptors (Lipinski definition) is 5. The molecule has 0 saturated carbocycles. The van der Waals surface area contributed by atoms with Crippen LogP contribution in [0.4, 0.5) is 4.79 Å². The highest BCUT2D eigenvalue weighted by molar-refractivity contribution is 5.68. The minimum absolute atomic E-state index is 0.0399. The number of esters is 1. The van der Waals surface area contributed by atoms with Gasteiger partial charge in [-0.05, 0) is 27.7 Å². The van der Waals surface area contributed by atoms with Crippen molar-refractivity contribution >= 4 is 12.1 Å². The van der Waals surface area contributed by atoms with Crippen LogP contribution in [0.25, 0.3) is 0 Å². The van der Waals surface area contributed by atoms with Crippen LogP contribution >= 0.6 is 0 Å². The van der Waals surface area contributed by atoms with Crippen molar-refractivity contribution in [3.8, 4) is 11.8 Å². The summed E-state index contributed by atoms with van der Waals surface area (Å²) in [6, 6.07) is -0.184. The molecule has 0 aromatic rings. The third kappa shape index (κ3) is 5.94. The topological polar surface area (TPSA) is 76.1 Å². The Bertz CT molecular complexity index is 485. The molecule has 1 rings (SSSR count). The highest BCUT2D eigenvalue weighted by Crippen LogP contribution is 2.27. The second-order valence-electron chi connectivity index (χ2n) is 6.59. The smallest absolute Gasteiger partial charge is 0.410 e. The van der Waals surface area contributed by atoms with E-state index in [1.807, 2.05) is 27.7 Å². The summed E-state index contributed by atoms with van der Waals surface area (Å²) in [7, 11) is 0. The molecule has 0 spiro atoms. The lowest BCUT2D eigenvalue weighted by Crippen LogP contribution is -2.52. The van der Waals surface area contributed by atoms with Gasteiger partial charge in [-0.15, -0.1) is 0 Å². The standard InChI is InChI=1S/C16H25NO5/c1-12-11-16(20,7-6-10-21-13(2)18)8-9-17(12)14(19)22-15(3,4)5/h12,20H,8-11H2,1-5H3/t12-,16?/m1/s1. The van der Waals surface area contributed by atoms with Gasteiger partial charge >= 0.3 is 12.1 Å². The van der Waals surface area contributed by atoms with Crippen molar-refractivity contribution in [2.75, 3.05) is 13.2 Å². The van der Waals surface area contributed by atoms with Crippen molar-refractivity contribution < 1.29 is 24.2 Å². The highest BCUT2D eigenvalue weighted by atomic mass is 16.6. The number of amides is 1. The molecule has 0 aromatic carbocycles. The zero-order valence-electron chi connectivity index (χ0n) is 13.9. The van der Waals surface area contributed by atoms with Crippen LogP contribution in [0.15, 0.2) is 0 Å². The minimum Gasteiger partial charge on any atom is -0.453 e. The molecule has 22 heavy (non-hydrogen) atoms. The summed E-state index contributed by atoms with van der Waals surface area (Å²) in [4.78, 5) is 24.4. The fraction of sp³-hybridized carbons (Fsp3) is 0.750. The van der Waals surface area contributed by atoms with E-state index in [-0.39, 0.29) is 18.7 Å². The van der Waals surface area contributed by atoms with Crippen molar-refractivity contribution in [2.24, 2.45) is 0 Å². The number of nitrogens with zero attached hydrogens (tertiary/aromatic N) is 1. The summed E-state index contributed by atoms with van der Waals surface area (Å²) in [5.41, 5.74) is -1.72. The SMILES string of the molecule is CC(=O)OCC#CC1(O)CCN(C(=O)OC(C)(C)C)[C@H](C)C1. The van der Waals surface area contributed by atoms with Crippen LogP contribution in [0.2, 0.25) is 0 Å². The van der Waals surface area contributed by atoms with Gasteiger partial charge in [0.25, 0.3) is 0 Å². The molecule has 1 amide bonds. The number of carbonyl (C=O) groups excluding carboxylic acids is 2. The Kier molecular flexibility index (Phi) is 5.84. The van der Waals surface area contributed by atoms with Crippen molar-refractivity contribution in [1.82, 2.24) is 4.90 Å². The zero-order valence-corrected chi connectivity index (χ0v) is 13.9. The number of carbonyl (C=O) groups is 2. The van der Waals surface area contributed by atoms with E-state index in [1.165, 1.54) is 6.92 Å². The number of aliphatic hydroxyl groups is 1. The molecule has 0 aliphatic carbocycles. The van der Waals surface area contributed by atoms with Gasteiger partial charge in [0.05, 0.1) is 0 Å².